The zero-order valence-corrected chi connectivity index (χ0v) is 19.7. The lowest BCUT2D eigenvalue weighted by Crippen LogP contribution is -2.47. The van der Waals surface area contributed by atoms with Gasteiger partial charge in [-0.25, -0.2) is 13.4 Å². The predicted octanol–water partition coefficient (Wildman–Crippen LogP) is 4.92. The number of halogens is 1. The molecule has 2 aliphatic rings. The van der Waals surface area contributed by atoms with E-state index in [4.69, 9.17) is 16.6 Å². The van der Waals surface area contributed by atoms with E-state index in [1.807, 2.05) is 6.08 Å². The summed E-state index contributed by atoms with van der Waals surface area (Å²) in [7, 11) is -3.35. The summed E-state index contributed by atoms with van der Waals surface area (Å²) in [5, 5.41) is 2.06. The van der Waals surface area contributed by atoms with Crippen LogP contribution >= 0.6 is 22.9 Å². The molecule has 0 amide bonds. The summed E-state index contributed by atoms with van der Waals surface area (Å²) >= 11 is 8.15. The van der Waals surface area contributed by atoms with Crippen LogP contribution in [0.5, 0.6) is 0 Å². The number of rotatable bonds is 5. The van der Waals surface area contributed by atoms with Crippen molar-refractivity contribution in [2.24, 2.45) is 0 Å². The number of alkyl halides is 1. The Balaban J connectivity index is 1.40. The lowest BCUT2D eigenvalue weighted by molar-refractivity contribution is 0.518. The van der Waals surface area contributed by atoms with Crippen molar-refractivity contribution in [3.05, 3.63) is 70.8 Å². The van der Waals surface area contributed by atoms with E-state index in [1.165, 1.54) is 11.1 Å². The van der Waals surface area contributed by atoms with Crippen LogP contribution in [0.2, 0.25) is 0 Å². The molecular formula is C23H27ClN2O2S2. The van der Waals surface area contributed by atoms with Gasteiger partial charge in [0.2, 0.25) is 0 Å². The minimum atomic E-state index is -3.35. The van der Waals surface area contributed by atoms with Crippen molar-refractivity contribution in [2.75, 3.05) is 18.0 Å². The van der Waals surface area contributed by atoms with E-state index in [9.17, 15) is 8.42 Å². The van der Waals surface area contributed by atoms with Crippen LogP contribution in [0, 0.1) is 6.92 Å². The maximum atomic E-state index is 13.2. The number of piperidine rings is 1. The van der Waals surface area contributed by atoms with Crippen LogP contribution in [-0.2, 0) is 16.3 Å². The van der Waals surface area contributed by atoms with Crippen molar-refractivity contribution >= 4 is 37.9 Å². The molecule has 4 nitrogen and oxygen atoms in total. The molecule has 7 heteroatoms. The van der Waals surface area contributed by atoms with Crippen molar-refractivity contribution in [1.82, 2.24) is 4.98 Å². The van der Waals surface area contributed by atoms with E-state index in [-0.39, 0.29) is 5.25 Å². The second-order valence-corrected chi connectivity index (χ2v) is 12.4. The number of aryl methyl sites for hydroxylation is 1. The summed E-state index contributed by atoms with van der Waals surface area (Å²) in [6.45, 7) is 5.27. The van der Waals surface area contributed by atoms with E-state index in [1.54, 1.807) is 36.5 Å². The molecule has 2 aromatic rings. The molecule has 1 aliphatic heterocycles. The van der Waals surface area contributed by atoms with Gasteiger partial charge in [0, 0.05) is 24.9 Å². The number of allylic oxidation sites excluding steroid dienone is 3. The van der Waals surface area contributed by atoms with Gasteiger partial charge in [-0.1, -0.05) is 54.1 Å². The Hall–Kier alpha value is -1.63. The van der Waals surface area contributed by atoms with Crippen molar-refractivity contribution < 1.29 is 8.42 Å². The van der Waals surface area contributed by atoms with Crippen LogP contribution in [-0.4, -0.2) is 41.9 Å². The van der Waals surface area contributed by atoms with E-state index in [0.717, 1.165) is 17.2 Å². The average molecular weight is 463 g/mol. The Morgan fingerprint density at radius 2 is 2.03 bits per heavy atom. The van der Waals surface area contributed by atoms with Gasteiger partial charge in [-0.05, 0) is 32.3 Å². The van der Waals surface area contributed by atoms with E-state index in [2.05, 4.69) is 41.5 Å². The molecule has 30 heavy (non-hydrogen) atoms. The van der Waals surface area contributed by atoms with Crippen LogP contribution in [0.15, 0.2) is 53.9 Å². The Kier molecular flexibility index (Phi) is 6.11. The molecule has 2 unspecified atom stereocenters. The molecular weight excluding hydrogens is 436 g/mol. The van der Waals surface area contributed by atoms with Crippen LogP contribution in [0.3, 0.4) is 0 Å². The third kappa shape index (κ3) is 4.51. The molecule has 0 saturated carbocycles. The maximum absolute atomic E-state index is 13.2. The molecule has 1 fully saturated rings. The molecule has 4 rings (SSSR count). The summed E-state index contributed by atoms with van der Waals surface area (Å²) in [6, 6.07) is 8.49. The molecule has 0 spiro atoms. The van der Waals surface area contributed by atoms with Gasteiger partial charge in [-0.15, -0.1) is 22.9 Å². The van der Waals surface area contributed by atoms with Gasteiger partial charge in [0.15, 0.2) is 15.0 Å². The average Bonchev–Trinajstić information content (AvgIpc) is 3.16. The van der Waals surface area contributed by atoms with Crippen LogP contribution in [0.1, 0.15) is 36.6 Å². The van der Waals surface area contributed by atoms with Gasteiger partial charge in [-0.2, -0.15) is 0 Å². The van der Waals surface area contributed by atoms with Gasteiger partial charge < -0.3 is 4.90 Å². The number of benzene rings is 1. The Labute approximate surface area is 188 Å². The van der Waals surface area contributed by atoms with Gasteiger partial charge in [0.25, 0.3) is 0 Å². The standard InChI is InChI=1S/C23H27ClN2O2S2/c1-17-6-5-7-18(14-17)15-19-16-29-22(25-19)26-12-9-20(10-13-26)30(27,28)21-8-3-4-11-23(21,2)24/h3-8,11,14,16,20-21H,9-10,12-13,15H2,1-2H3. The molecule has 0 radical (unpaired) electrons. The summed E-state index contributed by atoms with van der Waals surface area (Å²) < 4.78 is 26.5. The number of thiazole rings is 1. The molecule has 1 aromatic heterocycles. The first-order valence-corrected chi connectivity index (χ1v) is 13.1. The first-order chi connectivity index (χ1) is 14.3. The fourth-order valence-corrected chi connectivity index (χ4v) is 7.97. The molecule has 2 atom stereocenters. The maximum Gasteiger partial charge on any atom is 0.185 e. The predicted molar refractivity (Wildman–Crippen MR) is 127 cm³/mol. The van der Waals surface area contributed by atoms with Crippen molar-refractivity contribution in [3.8, 4) is 0 Å². The smallest absolute Gasteiger partial charge is 0.185 e. The number of hydrogen-bond acceptors (Lipinski definition) is 5. The normalized spacial score (nSPS) is 25.0. The second-order valence-electron chi connectivity index (χ2n) is 8.38. The number of aromatic nitrogens is 1. The van der Waals surface area contributed by atoms with Crippen molar-refractivity contribution in [1.29, 1.82) is 0 Å². The summed E-state index contributed by atoms with van der Waals surface area (Å²) in [6.07, 6.45) is 9.14. The zero-order valence-electron chi connectivity index (χ0n) is 17.3. The lowest BCUT2D eigenvalue weighted by Gasteiger charge is -2.36. The molecule has 160 valence electrons. The van der Waals surface area contributed by atoms with Crippen molar-refractivity contribution in [2.45, 2.75) is 48.5 Å². The Bertz CT molecular complexity index is 1060. The fraction of sp³-hybridized carbons (Fsp3) is 0.435. The van der Waals surface area contributed by atoms with E-state index in [0.29, 0.717) is 25.9 Å². The van der Waals surface area contributed by atoms with Crippen LogP contribution in [0.4, 0.5) is 5.13 Å². The van der Waals surface area contributed by atoms with Crippen LogP contribution < -0.4 is 4.90 Å². The van der Waals surface area contributed by atoms with Crippen molar-refractivity contribution in [3.63, 3.8) is 0 Å². The van der Waals surface area contributed by atoms with E-state index < -0.39 is 20.0 Å². The first-order valence-electron chi connectivity index (χ1n) is 10.3. The number of nitrogens with zero attached hydrogens (tertiary/aromatic N) is 2. The third-order valence-corrected chi connectivity index (χ3v) is 10.1. The topological polar surface area (TPSA) is 50.3 Å². The van der Waals surface area contributed by atoms with Gasteiger partial charge in [0.1, 0.15) is 5.25 Å². The highest BCUT2D eigenvalue weighted by Crippen LogP contribution is 2.35. The minimum Gasteiger partial charge on any atom is -0.348 e. The molecule has 0 N–H and O–H groups in total. The molecule has 0 bridgehead atoms. The monoisotopic (exact) mass is 462 g/mol. The summed E-state index contributed by atoms with van der Waals surface area (Å²) in [5.41, 5.74) is 3.57. The van der Waals surface area contributed by atoms with E-state index >= 15 is 0 Å². The second kappa shape index (κ2) is 8.48. The molecule has 1 saturated heterocycles. The Morgan fingerprint density at radius 1 is 1.27 bits per heavy atom. The highest BCUT2D eigenvalue weighted by Gasteiger charge is 2.44. The minimum absolute atomic E-state index is 0.361. The number of sulfone groups is 1. The van der Waals surface area contributed by atoms with Gasteiger partial charge in [-0.3, -0.25) is 0 Å². The summed E-state index contributed by atoms with van der Waals surface area (Å²) in [5.74, 6) is 0. The number of anilines is 1. The SMILES string of the molecule is Cc1cccc(Cc2csc(N3CCC(S(=O)(=O)C4C=CC=CC4(C)Cl)CC3)n2)c1. The number of hydrogen-bond donors (Lipinski definition) is 0. The van der Waals surface area contributed by atoms with Gasteiger partial charge in [0.05, 0.1) is 15.8 Å². The fourth-order valence-electron chi connectivity index (χ4n) is 4.26. The zero-order chi connectivity index (χ0) is 21.4. The first kappa shape index (κ1) is 21.6. The highest BCUT2D eigenvalue weighted by atomic mass is 35.5. The van der Waals surface area contributed by atoms with Crippen LogP contribution in [0.25, 0.3) is 0 Å². The quantitative estimate of drug-likeness (QED) is 0.592. The lowest BCUT2D eigenvalue weighted by atomic mass is 10.0. The molecule has 2 heterocycles. The largest absolute Gasteiger partial charge is 0.348 e. The Morgan fingerprint density at radius 3 is 2.73 bits per heavy atom. The highest BCUT2D eigenvalue weighted by molar-refractivity contribution is 7.93. The summed E-state index contributed by atoms with van der Waals surface area (Å²) in [4.78, 5) is 6.14. The molecule has 1 aliphatic carbocycles. The molecule has 1 aromatic carbocycles. The van der Waals surface area contributed by atoms with Gasteiger partial charge >= 0.3 is 0 Å². The third-order valence-electron chi connectivity index (χ3n) is 5.91.